The molecule has 5 heteroatoms. The van der Waals surface area contributed by atoms with E-state index in [0.717, 1.165) is 65.3 Å². The Balaban J connectivity index is 1.33. The first kappa shape index (κ1) is 23.4. The molecular formula is C29H29NO4. The van der Waals surface area contributed by atoms with Crippen LogP contribution in [0.5, 0.6) is 0 Å². The van der Waals surface area contributed by atoms with Crippen LogP contribution in [0.15, 0.2) is 67.3 Å². The van der Waals surface area contributed by atoms with Gasteiger partial charge in [0.1, 0.15) is 0 Å². The van der Waals surface area contributed by atoms with Gasteiger partial charge in [-0.2, -0.15) is 0 Å². The normalized spacial score (nSPS) is 12.3. The maximum absolute atomic E-state index is 12.5. The Labute approximate surface area is 200 Å². The van der Waals surface area contributed by atoms with Gasteiger partial charge in [-0.15, -0.1) is 0 Å². The first-order chi connectivity index (χ1) is 16.5. The molecule has 0 radical (unpaired) electrons. The van der Waals surface area contributed by atoms with Crippen LogP contribution in [0.2, 0.25) is 0 Å². The van der Waals surface area contributed by atoms with Crippen molar-refractivity contribution in [3.05, 3.63) is 78.4 Å². The van der Waals surface area contributed by atoms with Gasteiger partial charge in [-0.05, 0) is 59.7 Å². The Kier molecular flexibility index (Phi) is 7.21. The summed E-state index contributed by atoms with van der Waals surface area (Å²) in [5.74, 6) is -0.217. The average molecular weight is 456 g/mol. The van der Waals surface area contributed by atoms with Crippen molar-refractivity contribution in [1.29, 1.82) is 0 Å². The Morgan fingerprint density at radius 2 is 1.65 bits per heavy atom. The molecule has 0 saturated heterocycles. The predicted octanol–water partition coefficient (Wildman–Crippen LogP) is 6.35. The molecule has 0 spiro atoms. The van der Waals surface area contributed by atoms with E-state index in [0.29, 0.717) is 18.6 Å². The van der Waals surface area contributed by atoms with Gasteiger partial charge in [0.2, 0.25) is 0 Å². The number of benzene rings is 3. The molecule has 0 aromatic heterocycles. The number of unbranched alkanes of at least 4 members (excludes halogenated alkanes) is 4. The molecule has 34 heavy (non-hydrogen) atoms. The van der Waals surface area contributed by atoms with Crippen LogP contribution in [-0.2, 0) is 9.53 Å². The lowest BCUT2D eigenvalue weighted by Gasteiger charge is -2.12. The topological polar surface area (TPSA) is 63.7 Å². The van der Waals surface area contributed by atoms with Crippen molar-refractivity contribution >= 4 is 34.1 Å². The van der Waals surface area contributed by atoms with E-state index in [1.54, 1.807) is 24.1 Å². The summed E-state index contributed by atoms with van der Waals surface area (Å²) in [4.78, 5) is 37.8. The number of carbonyl (C=O) groups is 3. The van der Waals surface area contributed by atoms with Crippen LogP contribution in [0, 0.1) is 0 Å². The number of amides is 1. The molecule has 1 aliphatic rings. The standard InChI is InChI=1S/C29H29NO4/c1-3-22(31)10-7-5-4-6-8-19-34-29(33)21-15-13-20(14-16-21)23-17-18-26-27-24(23)11-9-12-25(27)28(32)30(26)2/h3,9,11-18H,1,4-8,10,19H2,2H3. The Bertz CT molecular complexity index is 1240. The summed E-state index contributed by atoms with van der Waals surface area (Å²) in [6.45, 7) is 3.87. The monoisotopic (exact) mass is 455 g/mol. The fourth-order valence-electron chi connectivity index (χ4n) is 4.46. The number of ketones is 1. The molecule has 0 N–H and O–H groups in total. The van der Waals surface area contributed by atoms with E-state index in [1.165, 1.54) is 6.08 Å². The molecule has 0 unspecified atom stereocenters. The zero-order chi connectivity index (χ0) is 24.1. The van der Waals surface area contributed by atoms with Gasteiger partial charge < -0.3 is 9.64 Å². The lowest BCUT2D eigenvalue weighted by molar-refractivity contribution is -0.114. The molecule has 1 amide bonds. The molecule has 0 saturated carbocycles. The van der Waals surface area contributed by atoms with Gasteiger partial charge in [0.25, 0.3) is 5.91 Å². The Morgan fingerprint density at radius 1 is 0.912 bits per heavy atom. The van der Waals surface area contributed by atoms with Crippen LogP contribution >= 0.6 is 0 Å². The number of allylic oxidation sites excluding steroid dienone is 1. The lowest BCUT2D eigenvalue weighted by atomic mass is 9.95. The first-order valence-corrected chi connectivity index (χ1v) is 11.8. The van der Waals surface area contributed by atoms with Gasteiger partial charge in [0, 0.05) is 24.4 Å². The summed E-state index contributed by atoms with van der Waals surface area (Å²) in [5.41, 5.74) is 4.18. The largest absolute Gasteiger partial charge is 0.462 e. The number of nitrogens with zero attached hydrogens (tertiary/aromatic N) is 1. The number of ether oxygens (including phenoxy) is 1. The van der Waals surface area contributed by atoms with Crippen LogP contribution < -0.4 is 4.90 Å². The number of anilines is 1. The number of rotatable bonds is 11. The third kappa shape index (κ3) is 4.79. The maximum Gasteiger partial charge on any atom is 0.338 e. The molecular weight excluding hydrogens is 426 g/mol. The van der Waals surface area contributed by atoms with Crippen molar-refractivity contribution in [2.24, 2.45) is 0 Å². The predicted molar refractivity (Wildman–Crippen MR) is 135 cm³/mol. The van der Waals surface area contributed by atoms with E-state index < -0.39 is 0 Å². The molecule has 174 valence electrons. The second-order valence-electron chi connectivity index (χ2n) is 8.63. The minimum atomic E-state index is -0.323. The van der Waals surface area contributed by atoms with E-state index in [1.807, 2.05) is 42.5 Å². The van der Waals surface area contributed by atoms with E-state index in [4.69, 9.17) is 4.74 Å². The smallest absolute Gasteiger partial charge is 0.338 e. The quantitative estimate of drug-likeness (QED) is 0.192. The van der Waals surface area contributed by atoms with E-state index in [2.05, 4.69) is 6.58 Å². The van der Waals surface area contributed by atoms with Crippen LogP contribution in [-0.4, -0.2) is 31.3 Å². The number of esters is 1. The highest BCUT2D eigenvalue weighted by Crippen LogP contribution is 2.41. The fraction of sp³-hybridized carbons (Fsp3) is 0.276. The molecule has 0 bridgehead atoms. The summed E-state index contributed by atoms with van der Waals surface area (Å²) in [6.07, 6.45) is 6.61. The van der Waals surface area contributed by atoms with Crippen molar-refractivity contribution in [3.63, 3.8) is 0 Å². The van der Waals surface area contributed by atoms with Gasteiger partial charge in [0.05, 0.1) is 17.9 Å². The van der Waals surface area contributed by atoms with Crippen LogP contribution in [0.3, 0.4) is 0 Å². The SMILES string of the molecule is C=CC(=O)CCCCCCCOC(=O)c1ccc(-c2ccc3c4c(cccc24)C(=O)N3C)cc1. The molecule has 4 rings (SSSR count). The van der Waals surface area contributed by atoms with E-state index >= 15 is 0 Å². The molecule has 0 fully saturated rings. The summed E-state index contributed by atoms with van der Waals surface area (Å²) < 4.78 is 5.42. The Morgan fingerprint density at radius 3 is 2.41 bits per heavy atom. The summed E-state index contributed by atoms with van der Waals surface area (Å²) in [5, 5.41) is 2.00. The average Bonchev–Trinajstić information content (AvgIpc) is 3.12. The molecule has 3 aromatic rings. The highest BCUT2D eigenvalue weighted by molar-refractivity contribution is 6.26. The second-order valence-corrected chi connectivity index (χ2v) is 8.63. The zero-order valence-electron chi connectivity index (χ0n) is 19.5. The summed E-state index contributed by atoms with van der Waals surface area (Å²) >= 11 is 0. The third-order valence-corrected chi connectivity index (χ3v) is 6.37. The Hall–Kier alpha value is -3.73. The lowest BCUT2D eigenvalue weighted by Crippen LogP contribution is -2.20. The van der Waals surface area contributed by atoms with Crippen molar-refractivity contribution in [3.8, 4) is 11.1 Å². The second kappa shape index (κ2) is 10.5. The third-order valence-electron chi connectivity index (χ3n) is 6.37. The fourth-order valence-corrected chi connectivity index (χ4v) is 4.46. The number of carbonyl (C=O) groups excluding carboxylic acids is 3. The molecule has 0 atom stereocenters. The van der Waals surface area contributed by atoms with Crippen LogP contribution in [0.1, 0.15) is 59.2 Å². The molecule has 1 aliphatic heterocycles. The highest BCUT2D eigenvalue weighted by Gasteiger charge is 2.27. The van der Waals surface area contributed by atoms with E-state index in [-0.39, 0.29) is 17.7 Å². The van der Waals surface area contributed by atoms with Crippen molar-refractivity contribution in [1.82, 2.24) is 0 Å². The molecule has 0 aliphatic carbocycles. The minimum absolute atomic E-state index is 0.0126. The van der Waals surface area contributed by atoms with E-state index in [9.17, 15) is 14.4 Å². The van der Waals surface area contributed by atoms with Gasteiger partial charge in [-0.1, -0.05) is 56.2 Å². The zero-order valence-corrected chi connectivity index (χ0v) is 19.5. The molecule has 3 aromatic carbocycles. The maximum atomic E-state index is 12.5. The van der Waals surface area contributed by atoms with Gasteiger partial charge in [-0.25, -0.2) is 4.79 Å². The first-order valence-electron chi connectivity index (χ1n) is 11.8. The van der Waals surface area contributed by atoms with Crippen molar-refractivity contribution in [2.45, 2.75) is 38.5 Å². The minimum Gasteiger partial charge on any atom is -0.462 e. The molecule has 1 heterocycles. The van der Waals surface area contributed by atoms with Crippen LogP contribution in [0.4, 0.5) is 5.69 Å². The van der Waals surface area contributed by atoms with Crippen molar-refractivity contribution in [2.75, 3.05) is 18.6 Å². The van der Waals surface area contributed by atoms with Crippen molar-refractivity contribution < 1.29 is 19.1 Å². The van der Waals surface area contributed by atoms with Gasteiger partial charge >= 0.3 is 5.97 Å². The summed E-state index contributed by atoms with van der Waals surface area (Å²) in [7, 11) is 1.80. The van der Waals surface area contributed by atoms with Crippen LogP contribution in [0.25, 0.3) is 21.9 Å². The number of hydrogen-bond acceptors (Lipinski definition) is 4. The highest BCUT2D eigenvalue weighted by atomic mass is 16.5. The summed E-state index contributed by atoms with van der Waals surface area (Å²) in [6, 6.07) is 17.2. The van der Waals surface area contributed by atoms with Gasteiger partial charge in [-0.3, -0.25) is 9.59 Å². The molecule has 5 nitrogen and oxygen atoms in total. The number of hydrogen-bond donors (Lipinski definition) is 0. The van der Waals surface area contributed by atoms with Gasteiger partial charge in [0.15, 0.2) is 5.78 Å².